The van der Waals surface area contributed by atoms with E-state index in [-0.39, 0.29) is 5.82 Å². The minimum Gasteiger partial charge on any atom is -0.399 e. The minimum atomic E-state index is -0.370. The van der Waals surface area contributed by atoms with Crippen molar-refractivity contribution >= 4 is 33.2 Å². The molecule has 6 nitrogen and oxygen atoms in total. The highest BCUT2D eigenvalue weighted by molar-refractivity contribution is 5.84. The van der Waals surface area contributed by atoms with Crippen molar-refractivity contribution in [1.82, 2.24) is 19.6 Å². The molecule has 24 heavy (non-hydrogen) atoms. The summed E-state index contributed by atoms with van der Waals surface area (Å²) in [5.74, 6) is -0.370. The summed E-state index contributed by atoms with van der Waals surface area (Å²) in [5.41, 5.74) is 14.9. The number of hydrogen-bond acceptors (Lipinski definition) is 4. The number of rotatable bonds is 0. The van der Waals surface area contributed by atoms with Gasteiger partial charge in [-0.3, -0.25) is 9.36 Å². The maximum absolute atomic E-state index is 13.1. The minimum absolute atomic E-state index is 0.367. The van der Waals surface area contributed by atoms with Gasteiger partial charge in [-0.25, -0.2) is 4.39 Å². The van der Waals surface area contributed by atoms with Crippen molar-refractivity contribution in [2.75, 3.05) is 11.5 Å². The van der Waals surface area contributed by atoms with Gasteiger partial charge in [0.1, 0.15) is 5.52 Å². The summed E-state index contributed by atoms with van der Waals surface area (Å²) < 4.78 is 16.5. The molecule has 2 aromatic carbocycles. The first-order valence-electron chi connectivity index (χ1n) is 7.41. The zero-order chi connectivity index (χ0) is 17.4. The van der Waals surface area contributed by atoms with Crippen molar-refractivity contribution in [3.63, 3.8) is 0 Å². The van der Waals surface area contributed by atoms with Gasteiger partial charge < -0.3 is 11.5 Å². The van der Waals surface area contributed by atoms with Crippen LogP contribution in [0.5, 0.6) is 0 Å². The molecule has 4 rings (SSSR count). The number of aromatic nitrogens is 4. The van der Waals surface area contributed by atoms with Crippen molar-refractivity contribution in [2.24, 2.45) is 14.1 Å². The van der Waals surface area contributed by atoms with Crippen LogP contribution in [0.2, 0.25) is 0 Å². The molecule has 0 fully saturated rings. The molecule has 0 aliphatic rings. The topological polar surface area (TPSA) is 87.7 Å². The first kappa shape index (κ1) is 15.8. The molecule has 0 radical (unpaired) electrons. The van der Waals surface area contributed by atoms with Gasteiger partial charge >= 0.3 is 0 Å². The molecule has 0 unspecified atom stereocenters. The lowest BCUT2D eigenvalue weighted by Crippen LogP contribution is -1.88. The maximum Gasteiger partial charge on any atom is 0.153 e. The average molecular weight is 326 g/mol. The van der Waals surface area contributed by atoms with Gasteiger partial charge in [0, 0.05) is 48.6 Å². The lowest BCUT2D eigenvalue weighted by Gasteiger charge is -1.95. The SMILES string of the molecule is Cc1cc(N)cc2cn(C)nc12.Cn1cc2cc(N)cc(F)c2n1. The smallest absolute Gasteiger partial charge is 0.153 e. The monoisotopic (exact) mass is 326 g/mol. The maximum atomic E-state index is 13.1. The second-order valence-electron chi connectivity index (χ2n) is 5.82. The molecule has 2 heterocycles. The standard InChI is InChI=1S/C9H11N3.C8H8FN3/c1-6-3-8(10)4-7-5-12(2)11-9(6)7;1-12-4-5-2-6(10)3-7(9)8(5)11-12/h3-5H,10H2,1-2H3;2-4H,10H2,1H3. The summed E-state index contributed by atoms with van der Waals surface area (Å²) in [5, 5.41) is 10.1. The number of aryl methyl sites for hydroxylation is 3. The van der Waals surface area contributed by atoms with Crippen molar-refractivity contribution in [3.8, 4) is 0 Å². The molecule has 0 saturated heterocycles. The van der Waals surface area contributed by atoms with Crippen LogP contribution in [-0.4, -0.2) is 19.6 Å². The summed E-state index contributed by atoms with van der Waals surface area (Å²) in [6.45, 7) is 2.02. The fraction of sp³-hybridized carbons (Fsp3) is 0.176. The van der Waals surface area contributed by atoms with Gasteiger partial charge in [0.25, 0.3) is 0 Å². The molecule has 4 N–H and O–H groups in total. The Morgan fingerprint density at radius 2 is 1.33 bits per heavy atom. The van der Waals surface area contributed by atoms with E-state index in [1.165, 1.54) is 6.07 Å². The Morgan fingerprint density at radius 1 is 0.833 bits per heavy atom. The molecule has 4 aromatic rings. The largest absolute Gasteiger partial charge is 0.399 e. The van der Waals surface area contributed by atoms with Gasteiger partial charge in [-0.1, -0.05) is 0 Å². The van der Waals surface area contributed by atoms with Crippen LogP contribution in [0.4, 0.5) is 15.8 Å². The van der Waals surface area contributed by atoms with Crippen molar-refractivity contribution in [3.05, 3.63) is 48.0 Å². The molecule has 0 spiro atoms. The molecule has 7 heteroatoms. The molecular weight excluding hydrogens is 307 g/mol. The fourth-order valence-corrected chi connectivity index (χ4v) is 2.69. The molecule has 0 atom stereocenters. The Kier molecular flexibility index (Phi) is 3.84. The number of halogens is 1. The highest BCUT2D eigenvalue weighted by Crippen LogP contribution is 2.20. The van der Waals surface area contributed by atoms with Crippen LogP contribution < -0.4 is 11.5 Å². The normalized spacial score (nSPS) is 10.8. The van der Waals surface area contributed by atoms with Crippen LogP contribution in [0.1, 0.15) is 5.56 Å². The van der Waals surface area contributed by atoms with E-state index in [1.54, 1.807) is 28.7 Å². The van der Waals surface area contributed by atoms with Crippen molar-refractivity contribution < 1.29 is 4.39 Å². The number of fused-ring (bicyclic) bond motifs is 2. The van der Waals surface area contributed by atoms with Crippen LogP contribution in [0, 0.1) is 12.7 Å². The highest BCUT2D eigenvalue weighted by Gasteiger charge is 2.05. The summed E-state index contributed by atoms with van der Waals surface area (Å²) in [6, 6.07) is 6.85. The zero-order valence-corrected chi connectivity index (χ0v) is 13.8. The van der Waals surface area contributed by atoms with E-state index in [0.29, 0.717) is 11.2 Å². The average Bonchev–Trinajstić information content (AvgIpc) is 3.01. The predicted molar refractivity (Wildman–Crippen MR) is 94.9 cm³/mol. The van der Waals surface area contributed by atoms with E-state index in [1.807, 2.05) is 32.3 Å². The number of hydrogen-bond donors (Lipinski definition) is 2. The Hall–Kier alpha value is -3.09. The Balaban J connectivity index is 0.000000141. The van der Waals surface area contributed by atoms with Crippen LogP contribution in [0.3, 0.4) is 0 Å². The van der Waals surface area contributed by atoms with Gasteiger partial charge in [-0.2, -0.15) is 10.2 Å². The quantitative estimate of drug-likeness (QED) is 0.486. The Morgan fingerprint density at radius 3 is 1.96 bits per heavy atom. The van der Waals surface area contributed by atoms with E-state index in [9.17, 15) is 4.39 Å². The number of nitrogens with two attached hydrogens (primary N) is 2. The van der Waals surface area contributed by atoms with Crippen molar-refractivity contribution in [2.45, 2.75) is 6.92 Å². The predicted octanol–water partition coefficient (Wildman–Crippen LogP) is 2.76. The van der Waals surface area contributed by atoms with Crippen LogP contribution >= 0.6 is 0 Å². The zero-order valence-electron chi connectivity index (χ0n) is 13.8. The highest BCUT2D eigenvalue weighted by atomic mass is 19.1. The molecule has 0 aliphatic heterocycles. The van der Waals surface area contributed by atoms with Crippen LogP contribution in [-0.2, 0) is 14.1 Å². The van der Waals surface area contributed by atoms with E-state index in [2.05, 4.69) is 10.2 Å². The van der Waals surface area contributed by atoms with Gasteiger partial charge in [0.05, 0.1) is 5.52 Å². The van der Waals surface area contributed by atoms with E-state index in [0.717, 1.165) is 27.5 Å². The van der Waals surface area contributed by atoms with E-state index < -0.39 is 0 Å². The number of benzene rings is 2. The molecule has 0 aliphatic carbocycles. The lowest BCUT2D eigenvalue weighted by atomic mass is 10.1. The summed E-state index contributed by atoms with van der Waals surface area (Å²) >= 11 is 0. The van der Waals surface area contributed by atoms with Gasteiger partial charge in [-0.15, -0.1) is 0 Å². The number of nitrogen functional groups attached to an aromatic ring is 2. The fourth-order valence-electron chi connectivity index (χ4n) is 2.69. The first-order chi connectivity index (χ1) is 11.3. The second-order valence-corrected chi connectivity index (χ2v) is 5.82. The molecular formula is C17H19FN6. The van der Waals surface area contributed by atoms with Crippen molar-refractivity contribution in [1.29, 1.82) is 0 Å². The molecule has 0 saturated carbocycles. The van der Waals surface area contributed by atoms with Gasteiger partial charge in [0.15, 0.2) is 5.82 Å². The second kappa shape index (κ2) is 5.84. The third-order valence-corrected chi connectivity index (χ3v) is 3.63. The third-order valence-electron chi connectivity index (χ3n) is 3.63. The summed E-state index contributed by atoms with van der Waals surface area (Å²) in [7, 11) is 3.66. The Labute approximate surface area is 138 Å². The number of nitrogens with zero attached hydrogens (tertiary/aromatic N) is 4. The third kappa shape index (κ3) is 3.01. The summed E-state index contributed by atoms with van der Waals surface area (Å²) in [6.07, 6.45) is 3.70. The summed E-state index contributed by atoms with van der Waals surface area (Å²) in [4.78, 5) is 0. The van der Waals surface area contributed by atoms with E-state index >= 15 is 0 Å². The van der Waals surface area contributed by atoms with Gasteiger partial charge in [-0.05, 0) is 36.8 Å². The molecule has 124 valence electrons. The number of anilines is 2. The van der Waals surface area contributed by atoms with Crippen LogP contribution in [0.25, 0.3) is 21.8 Å². The molecule has 0 amide bonds. The molecule has 2 aromatic heterocycles. The lowest BCUT2D eigenvalue weighted by molar-refractivity contribution is 0.633. The van der Waals surface area contributed by atoms with Gasteiger partial charge in [0.2, 0.25) is 0 Å². The van der Waals surface area contributed by atoms with Crippen LogP contribution in [0.15, 0.2) is 36.7 Å². The first-order valence-corrected chi connectivity index (χ1v) is 7.41. The molecule has 0 bridgehead atoms. The van der Waals surface area contributed by atoms with E-state index in [4.69, 9.17) is 11.5 Å². The Bertz CT molecular complexity index is 947.